The monoisotopic (exact) mass is 274 g/mol. The van der Waals surface area contributed by atoms with E-state index < -0.39 is 5.54 Å². The van der Waals surface area contributed by atoms with Crippen molar-refractivity contribution in [1.29, 1.82) is 0 Å². The highest BCUT2D eigenvalue weighted by Crippen LogP contribution is 2.41. The molecule has 1 amide bonds. The van der Waals surface area contributed by atoms with E-state index in [0.29, 0.717) is 32.0 Å². The molecule has 4 nitrogen and oxygen atoms in total. The van der Waals surface area contributed by atoms with Crippen molar-refractivity contribution in [3.05, 3.63) is 35.9 Å². The second-order valence-corrected chi connectivity index (χ2v) is 5.97. The summed E-state index contributed by atoms with van der Waals surface area (Å²) in [5.41, 5.74) is 6.67. The Morgan fingerprint density at radius 1 is 1.25 bits per heavy atom. The molecule has 2 aliphatic rings. The van der Waals surface area contributed by atoms with Gasteiger partial charge in [0.15, 0.2) is 0 Å². The van der Waals surface area contributed by atoms with E-state index in [1.54, 1.807) is 0 Å². The van der Waals surface area contributed by atoms with E-state index in [1.807, 2.05) is 18.2 Å². The van der Waals surface area contributed by atoms with Crippen molar-refractivity contribution in [3.63, 3.8) is 0 Å². The molecule has 0 radical (unpaired) electrons. The Kier molecular flexibility index (Phi) is 3.76. The zero-order valence-corrected chi connectivity index (χ0v) is 11.7. The normalized spacial score (nSPS) is 23.1. The molecule has 2 fully saturated rings. The molecule has 108 valence electrons. The molecule has 0 bridgehead atoms. The molecule has 1 unspecified atom stereocenters. The van der Waals surface area contributed by atoms with Crippen LogP contribution in [-0.2, 0) is 9.53 Å². The standard InChI is InChI=1S/C16H22N2O2/c17-16(8-10-20-11-9-16)15(19)18-14(13-6-7-13)12-4-2-1-3-5-12/h1-5,13-14H,6-11,17H2,(H,18,19). The Bertz CT molecular complexity index is 465. The van der Waals surface area contributed by atoms with Crippen molar-refractivity contribution in [3.8, 4) is 0 Å². The predicted octanol–water partition coefficient (Wildman–Crippen LogP) is 1.76. The summed E-state index contributed by atoms with van der Waals surface area (Å²) in [6.45, 7) is 1.15. The van der Waals surface area contributed by atoms with Gasteiger partial charge >= 0.3 is 0 Å². The van der Waals surface area contributed by atoms with E-state index in [9.17, 15) is 4.79 Å². The first-order valence-corrected chi connectivity index (χ1v) is 7.42. The van der Waals surface area contributed by atoms with Gasteiger partial charge in [-0.1, -0.05) is 30.3 Å². The lowest BCUT2D eigenvalue weighted by Gasteiger charge is -2.33. The number of benzene rings is 1. The molecule has 20 heavy (non-hydrogen) atoms. The first-order chi connectivity index (χ1) is 9.69. The Morgan fingerprint density at radius 2 is 1.90 bits per heavy atom. The highest BCUT2D eigenvalue weighted by molar-refractivity contribution is 5.86. The maximum absolute atomic E-state index is 12.5. The molecule has 4 heteroatoms. The molecule has 3 rings (SSSR count). The van der Waals surface area contributed by atoms with Crippen LogP contribution >= 0.6 is 0 Å². The van der Waals surface area contributed by atoms with Crippen molar-refractivity contribution >= 4 is 5.91 Å². The SMILES string of the molecule is NC1(C(=O)NC(c2ccccc2)C2CC2)CCOCC1. The van der Waals surface area contributed by atoms with Crippen molar-refractivity contribution < 1.29 is 9.53 Å². The number of carbonyl (C=O) groups excluding carboxylic acids is 1. The third-order valence-corrected chi connectivity index (χ3v) is 4.38. The summed E-state index contributed by atoms with van der Waals surface area (Å²) < 4.78 is 5.30. The lowest BCUT2D eigenvalue weighted by molar-refractivity contribution is -0.130. The van der Waals surface area contributed by atoms with Gasteiger partial charge in [0.2, 0.25) is 5.91 Å². The lowest BCUT2D eigenvalue weighted by Crippen LogP contribution is -2.57. The number of hydrogen-bond donors (Lipinski definition) is 2. The highest BCUT2D eigenvalue weighted by Gasteiger charge is 2.40. The fourth-order valence-electron chi connectivity index (χ4n) is 2.81. The maximum atomic E-state index is 12.5. The topological polar surface area (TPSA) is 64.4 Å². The van der Waals surface area contributed by atoms with Gasteiger partial charge in [0, 0.05) is 13.2 Å². The van der Waals surface area contributed by atoms with Crippen LogP contribution in [0.5, 0.6) is 0 Å². The van der Waals surface area contributed by atoms with Crippen LogP contribution in [0.3, 0.4) is 0 Å². The largest absolute Gasteiger partial charge is 0.381 e. The van der Waals surface area contributed by atoms with Gasteiger partial charge in [-0.25, -0.2) is 0 Å². The molecular weight excluding hydrogens is 252 g/mol. The van der Waals surface area contributed by atoms with Crippen molar-refractivity contribution in [2.75, 3.05) is 13.2 Å². The summed E-state index contributed by atoms with van der Waals surface area (Å²) in [6, 6.07) is 10.3. The van der Waals surface area contributed by atoms with Gasteiger partial charge in [-0.3, -0.25) is 4.79 Å². The summed E-state index contributed by atoms with van der Waals surface area (Å²) in [6.07, 6.45) is 3.57. The number of hydrogen-bond acceptors (Lipinski definition) is 3. The van der Waals surface area contributed by atoms with Crippen LogP contribution in [0.4, 0.5) is 0 Å². The molecule has 1 aliphatic heterocycles. The predicted molar refractivity (Wildman–Crippen MR) is 77.0 cm³/mol. The first kappa shape index (κ1) is 13.6. The number of ether oxygens (including phenoxy) is 1. The van der Waals surface area contributed by atoms with E-state index in [4.69, 9.17) is 10.5 Å². The zero-order chi connectivity index (χ0) is 14.0. The van der Waals surface area contributed by atoms with Crippen LogP contribution in [-0.4, -0.2) is 24.7 Å². The van der Waals surface area contributed by atoms with E-state index >= 15 is 0 Å². The zero-order valence-electron chi connectivity index (χ0n) is 11.7. The van der Waals surface area contributed by atoms with E-state index in [0.717, 1.165) is 0 Å². The van der Waals surface area contributed by atoms with Gasteiger partial charge in [0.1, 0.15) is 0 Å². The fourth-order valence-corrected chi connectivity index (χ4v) is 2.81. The quantitative estimate of drug-likeness (QED) is 0.879. The lowest BCUT2D eigenvalue weighted by atomic mass is 9.89. The Morgan fingerprint density at radius 3 is 2.50 bits per heavy atom. The average Bonchev–Trinajstić information content (AvgIpc) is 3.31. The number of rotatable bonds is 4. The van der Waals surface area contributed by atoms with Gasteiger partial charge < -0.3 is 15.8 Å². The molecule has 1 aromatic carbocycles. The number of nitrogens with one attached hydrogen (secondary N) is 1. The fraction of sp³-hybridized carbons (Fsp3) is 0.562. The maximum Gasteiger partial charge on any atom is 0.240 e. The van der Waals surface area contributed by atoms with Gasteiger partial charge in [0.05, 0.1) is 11.6 Å². The Hall–Kier alpha value is -1.39. The molecule has 0 spiro atoms. The van der Waals surface area contributed by atoms with Crippen LogP contribution in [0.1, 0.15) is 37.3 Å². The summed E-state index contributed by atoms with van der Waals surface area (Å²) in [5, 5.41) is 3.19. The number of amides is 1. The van der Waals surface area contributed by atoms with Crippen molar-refractivity contribution in [1.82, 2.24) is 5.32 Å². The summed E-state index contributed by atoms with van der Waals surface area (Å²) >= 11 is 0. The summed E-state index contributed by atoms with van der Waals surface area (Å²) in [4.78, 5) is 12.5. The van der Waals surface area contributed by atoms with Crippen LogP contribution in [0.2, 0.25) is 0 Å². The minimum Gasteiger partial charge on any atom is -0.381 e. The molecule has 1 aromatic rings. The minimum atomic E-state index is -0.764. The molecule has 1 saturated heterocycles. The Balaban J connectivity index is 1.72. The van der Waals surface area contributed by atoms with Gasteiger partial charge in [-0.2, -0.15) is 0 Å². The number of nitrogens with two attached hydrogens (primary N) is 1. The van der Waals surface area contributed by atoms with Gasteiger partial charge in [-0.15, -0.1) is 0 Å². The molecule has 1 saturated carbocycles. The highest BCUT2D eigenvalue weighted by atomic mass is 16.5. The summed E-state index contributed by atoms with van der Waals surface area (Å²) in [5.74, 6) is 0.534. The first-order valence-electron chi connectivity index (χ1n) is 7.42. The third-order valence-electron chi connectivity index (χ3n) is 4.38. The molecular formula is C16H22N2O2. The van der Waals surface area contributed by atoms with Gasteiger partial charge in [-0.05, 0) is 37.2 Å². The smallest absolute Gasteiger partial charge is 0.240 e. The average molecular weight is 274 g/mol. The van der Waals surface area contributed by atoms with E-state index in [2.05, 4.69) is 17.4 Å². The Labute approximate surface area is 119 Å². The number of carbonyl (C=O) groups is 1. The van der Waals surface area contributed by atoms with Crippen LogP contribution in [0.15, 0.2) is 30.3 Å². The van der Waals surface area contributed by atoms with E-state index in [1.165, 1.54) is 18.4 Å². The molecule has 0 aromatic heterocycles. The minimum absolute atomic E-state index is 0.0263. The van der Waals surface area contributed by atoms with Crippen LogP contribution < -0.4 is 11.1 Å². The molecule has 1 aliphatic carbocycles. The van der Waals surface area contributed by atoms with E-state index in [-0.39, 0.29) is 11.9 Å². The van der Waals surface area contributed by atoms with Crippen molar-refractivity contribution in [2.45, 2.75) is 37.3 Å². The van der Waals surface area contributed by atoms with Crippen LogP contribution in [0.25, 0.3) is 0 Å². The van der Waals surface area contributed by atoms with Gasteiger partial charge in [0.25, 0.3) is 0 Å². The molecule has 3 N–H and O–H groups in total. The second kappa shape index (κ2) is 5.54. The second-order valence-electron chi connectivity index (χ2n) is 5.97. The van der Waals surface area contributed by atoms with Crippen molar-refractivity contribution in [2.24, 2.45) is 11.7 Å². The van der Waals surface area contributed by atoms with Crippen LogP contribution in [0, 0.1) is 5.92 Å². The molecule has 1 atom stereocenters. The summed E-state index contributed by atoms with van der Waals surface area (Å²) in [7, 11) is 0. The third kappa shape index (κ3) is 2.86. The molecule has 1 heterocycles.